The Hall–Kier alpha value is -1.35. The van der Waals surface area contributed by atoms with Crippen LogP contribution in [-0.4, -0.2) is 26.2 Å². The Morgan fingerprint density at radius 3 is 2.70 bits per heavy atom. The minimum Gasteiger partial charge on any atom is -0.469 e. The molecule has 0 saturated heterocycles. The first-order valence-corrected chi connectivity index (χ1v) is 7.54. The van der Waals surface area contributed by atoms with Crippen LogP contribution in [0.15, 0.2) is 30.3 Å². The lowest BCUT2D eigenvalue weighted by Gasteiger charge is -2.17. The first kappa shape index (κ1) is 15.0. The SMILES string of the molecule is COC(=O)C(CNCC1CCC(C)C1)c1ccccc1. The van der Waals surface area contributed by atoms with E-state index in [1.165, 1.54) is 26.4 Å². The Morgan fingerprint density at radius 1 is 1.35 bits per heavy atom. The number of benzene rings is 1. The standard InChI is InChI=1S/C17H25NO2/c1-13-8-9-14(10-13)11-18-12-16(17(19)20-2)15-6-4-3-5-7-15/h3-7,13-14,16,18H,8-12H2,1-2H3. The zero-order valence-electron chi connectivity index (χ0n) is 12.5. The molecule has 0 bridgehead atoms. The molecule has 0 aliphatic heterocycles. The largest absolute Gasteiger partial charge is 0.469 e. The Bertz CT molecular complexity index is 418. The fourth-order valence-electron chi connectivity index (χ4n) is 3.11. The van der Waals surface area contributed by atoms with Gasteiger partial charge < -0.3 is 10.1 Å². The van der Waals surface area contributed by atoms with Crippen LogP contribution in [0.5, 0.6) is 0 Å². The molecule has 20 heavy (non-hydrogen) atoms. The summed E-state index contributed by atoms with van der Waals surface area (Å²) in [4.78, 5) is 11.9. The van der Waals surface area contributed by atoms with Gasteiger partial charge in [-0.1, -0.05) is 43.7 Å². The highest BCUT2D eigenvalue weighted by Gasteiger charge is 2.23. The van der Waals surface area contributed by atoms with Gasteiger partial charge in [-0.05, 0) is 36.8 Å². The van der Waals surface area contributed by atoms with Crippen molar-refractivity contribution in [3.05, 3.63) is 35.9 Å². The van der Waals surface area contributed by atoms with Crippen LogP contribution in [0.2, 0.25) is 0 Å². The van der Waals surface area contributed by atoms with Crippen LogP contribution in [-0.2, 0) is 9.53 Å². The van der Waals surface area contributed by atoms with Crippen molar-refractivity contribution in [1.82, 2.24) is 5.32 Å². The summed E-state index contributed by atoms with van der Waals surface area (Å²) in [6.07, 6.45) is 3.95. The van der Waals surface area contributed by atoms with E-state index in [0.29, 0.717) is 6.54 Å². The molecule has 1 aromatic rings. The molecule has 3 nitrogen and oxygen atoms in total. The summed E-state index contributed by atoms with van der Waals surface area (Å²) in [7, 11) is 1.46. The van der Waals surface area contributed by atoms with Crippen molar-refractivity contribution in [2.45, 2.75) is 32.1 Å². The van der Waals surface area contributed by atoms with E-state index in [2.05, 4.69) is 12.2 Å². The summed E-state index contributed by atoms with van der Waals surface area (Å²) < 4.78 is 4.93. The van der Waals surface area contributed by atoms with Gasteiger partial charge in [-0.15, -0.1) is 0 Å². The van der Waals surface area contributed by atoms with Gasteiger partial charge in [-0.25, -0.2) is 0 Å². The van der Waals surface area contributed by atoms with Crippen LogP contribution < -0.4 is 5.32 Å². The number of nitrogens with one attached hydrogen (secondary N) is 1. The molecule has 1 aliphatic rings. The number of esters is 1. The van der Waals surface area contributed by atoms with Crippen LogP contribution in [0.1, 0.15) is 37.7 Å². The van der Waals surface area contributed by atoms with Gasteiger partial charge >= 0.3 is 5.97 Å². The fourth-order valence-corrected chi connectivity index (χ4v) is 3.11. The maximum Gasteiger partial charge on any atom is 0.314 e. The zero-order valence-corrected chi connectivity index (χ0v) is 12.5. The van der Waals surface area contributed by atoms with Gasteiger partial charge in [0.2, 0.25) is 0 Å². The fraction of sp³-hybridized carbons (Fsp3) is 0.588. The van der Waals surface area contributed by atoms with Gasteiger partial charge in [0.25, 0.3) is 0 Å². The van der Waals surface area contributed by atoms with E-state index in [9.17, 15) is 4.79 Å². The summed E-state index contributed by atoms with van der Waals surface area (Å²) in [5, 5.41) is 3.46. The van der Waals surface area contributed by atoms with Crippen molar-refractivity contribution in [2.24, 2.45) is 11.8 Å². The Kier molecular flexibility index (Phi) is 5.60. The second-order valence-corrected chi connectivity index (χ2v) is 5.93. The Labute approximate surface area is 121 Å². The lowest BCUT2D eigenvalue weighted by molar-refractivity contribution is -0.142. The van der Waals surface area contributed by atoms with Crippen molar-refractivity contribution in [3.8, 4) is 0 Å². The smallest absolute Gasteiger partial charge is 0.314 e. The molecule has 1 fully saturated rings. The molecular weight excluding hydrogens is 250 g/mol. The van der Waals surface area contributed by atoms with E-state index >= 15 is 0 Å². The maximum absolute atomic E-state index is 11.9. The van der Waals surface area contributed by atoms with Crippen molar-refractivity contribution < 1.29 is 9.53 Å². The highest BCUT2D eigenvalue weighted by molar-refractivity contribution is 5.78. The van der Waals surface area contributed by atoms with E-state index in [0.717, 1.165) is 23.9 Å². The quantitative estimate of drug-likeness (QED) is 0.811. The molecule has 1 aromatic carbocycles. The van der Waals surface area contributed by atoms with E-state index in [1.807, 2.05) is 30.3 Å². The van der Waals surface area contributed by atoms with Crippen LogP contribution in [0.3, 0.4) is 0 Å². The average molecular weight is 275 g/mol. The predicted molar refractivity (Wildman–Crippen MR) is 80.6 cm³/mol. The minimum atomic E-state index is -0.208. The molecule has 1 saturated carbocycles. The molecule has 1 aliphatic carbocycles. The summed E-state index contributed by atoms with van der Waals surface area (Å²) in [5.41, 5.74) is 1.02. The van der Waals surface area contributed by atoms with Gasteiger partial charge in [-0.2, -0.15) is 0 Å². The minimum absolute atomic E-state index is 0.163. The maximum atomic E-state index is 11.9. The molecule has 0 radical (unpaired) electrons. The Morgan fingerprint density at radius 2 is 2.10 bits per heavy atom. The monoisotopic (exact) mass is 275 g/mol. The van der Waals surface area contributed by atoms with Crippen molar-refractivity contribution in [3.63, 3.8) is 0 Å². The first-order chi connectivity index (χ1) is 9.70. The third-order valence-electron chi connectivity index (χ3n) is 4.27. The van der Waals surface area contributed by atoms with Gasteiger partial charge in [0, 0.05) is 6.54 Å². The molecule has 110 valence electrons. The van der Waals surface area contributed by atoms with Crippen molar-refractivity contribution in [1.29, 1.82) is 0 Å². The van der Waals surface area contributed by atoms with E-state index < -0.39 is 0 Å². The van der Waals surface area contributed by atoms with Gasteiger partial charge in [0.05, 0.1) is 13.0 Å². The topological polar surface area (TPSA) is 38.3 Å². The van der Waals surface area contributed by atoms with Crippen LogP contribution in [0.25, 0.3) is 0 Å². The van der Waals surface area contributed by atoms with Crippen molar-refractivity contribution >= 4 is 5.97 Å². The van der Waals surface area contributed by atoms with Gasteiger partial charge in [-0.3, -0.25) is 4.79 Å². The van der Waals surface area contributed by atoms with Gasteiger partial charge in [0.1, 0.15) is 0 Å². The lowest BCUT2D eigenvalue weighted by Crippen LogP contribution is -2.30. The molecule has 1 N–H and O–H groups in total. The summed E-state index contributed by atoms with van der Waals surface area (Å²) in [5.74, 6) is 1.25. The number of ether oxygens (including phenoxy) is 1. The Balaban J connectivity index is 1.87. The third-order valence-corrected chi connectivity index (χ3v) is 4.27. The molecule has 3 heteroatoms. The normalized spacial score (nSPS) is 23.5. The summed E-state index contributed by atoms with van der Waals surface area (Å²) in [6.45, 7) is 3.98. The first-order valence-electron chi connectivity index (χ1n) is 7.54. The average Bonchev–Trinajstić information content (AvgIpc) is 2.89. The number of carbonyl (C=O) groups is 1. The molecule has 3 atom stereocenters. The molecular formula is C17H25NO2. The predicted octanol–water partition coefficient (Wildman–Crippen LogP) is 2.97. The molecule has 0 heterocycles. The lowest BCUT2D eigenvalue weighted by atomic mass is 9.98. The van der Waals surface area contributed by atoms with E-state index in [1.54, 1.807) is 0 Å². The zero-order chi connectivity index (χ0) is 14.4. The third kappa shape index (κ3) is 4.07. The molecule has 2 rings (SSSR count). The summed E-state index contributed by atoms with van der Waals surface area (Å²) in [6, 6.07) is 9.86. The molecule has 0 aromatic heterocycles. The van der Waals surface area contributed by atoms with E-state index in [-0.39, 0.29) is 11.9 Å². The van der Waals surface area contributed by atoms with Crippen LogP contribution >= 0.6 is 0 Å². The second kappa shape index (κ2) is 7.44. The van der Waals surface area contributed by atoms with Crippen LogP contribution in [0.4, 0.5) is 0 Å². The second-order valence-electron chi connectivity index (χ2n) is 5.93. The highest BCUT2D eigenvalue weighted by atomic mass is 16.5. The molecule has 0 spiro atoms. The molecule has 0 amide bonds. The number of hydrogen-bond donors (Lipinski definition) is 1. The van der Waals surface area contributed by atoms with Gasteiger partial charge in [0.15, 0.2) is 0 Å². The number of rotatable bonds is 6. The number of carbonyl (C=O) groups excluding carboxylic acids is 1. The number of hydrogen-bond acceptors (Lipinski definition) is 3. The van der Waals surface area contributed by atoms with Crippen LogP contribution in [0, 0.1) is 11.8 Å². The van der Waals surface area contributed by atoms with E-state index in [4.69, 9.17) is 4.74 Å². The highest BCUT2D eigenvalue weighted by Crippen LogP contribution is 2.29. The summed E-state index contributed by atoms with van der Waals surface area (Å²) >= 11 is 0. The number of methoxy groups -OCH3 is 1. The van der Waals surface area contributed by atoms with Crippen molar-refractivity contribution in [2.75, 3.05) is 20.2 Å². The molecule has 3 unspecified atom stereocenters.